The smallest absolute Gasteiger partial charge is 0.207 e. The van der Waals surface area contributed by atoms with E-state index in [-0.39, 0.29) is 0 Å². The Morgan fingerprint density at radius 3 is 2.65 bits per heavy atom. The molecule has 0 fully saturated rings. The second-order valence-corrected chi connectivity index (χ2v) is 6.31. The number of hydrogen-bond acceptors (Lipinski definition) is 4. The van der Waals surface area contributed by atoms with Gasteiger partial charge in [0.25, 0.3) is 0 Å². The molecule has 6 heteroatoms. The fraction of sp³-hybridized carbons (Fsp3) is 0.357. The average Bonchev–Trinajstić information content (AvgIpc) is 2.68. The van der Waals surface area contributed by atoms with E-state index in [1.807, 2.05) is 19.9 Å². The highest BCUT2D eigenvalue weighted by Crippen LogP contribution is 2.25. The summed E-state index contributed by atoms with van der Waals surface area (Å²) in [5, 5.41) is 0.518. The summed E-state index contributed by atoms with van der Waals surface area (Å²) in [5.41, 5.74) is 1.73. The lowest BCUT2D eigenvalue weighted by molar-refractivity contribution is 0.415. The van der Waals surface area contributed by atoms with Crippen molar-refractivity contribution >= 4 is 22.4 Å². The molecular weight excluding hydrogens is 298 g/mol. The summed E-state index contributed by atoms with van der Waals surface area (Å²) in [6, 6.07) is 5.40. The van der Waals surface area contributed by atoms with Crippen LogP contribution in [0.5, 0.6) is 5.75 Å². The van der Waals surface area contributed by atoms with Crippen molar-refractivity contribution in [3.8, 4) is 5.75 Å². The van der Waals surface area contributed by atoms with E-state index in [4.69, 9.17) is 20.8 Å². The summed E-state index contributed by atoms with van der Waals surface area (Å²) in [5.74, 6) is 2.60. The van der Waals surface area contributed by atoms with Crippen molar-refractivity contribution < 1.29 is 13.4 Å². The van der Waals surface area contributed by atoms with Crippen molar-refractivity contribution in [2.24, 2.45) is 0 Å². The Labute approximate surface area is 125 Å². The molecule has 2 aromatic rings. The van der Waals surface area contributed by atoms with Gasteiger partial charge in [0.15, 0.2) is 0 Å². The minimum atomic E-state index is -1.09. The third kappa shape index (κ3) is 3.61. The lowest BCUT2D eigenvalue weighted by atomic mass is 10.2. The maximum absolute atomic E-state index is 12.1. The second-order valence-electron chi connectivity index (χ2n) is 4.45. The number of hydrogen-bond donors (Lipinski definition) is 0. The molecule has 0 N–H and O–H groups in total. The van der Waals surface area contributed by atoms with Crippen LogP contribution in [0.1, 0.15) is 22.9 Å². The first-order valence-corrected chi connectivity index (χ1v) is 7.96. The quantitative estimate of drug-likeness (QED) is 0.849. The third-order valence-electron chi connectivity index (χ3n) is 2.90. The predicted molar refractivity (Wildman–Crippen MR) is 79.5 cm³/mol. The summed E-state index contributed by atoms with van der Waals surface area (Å²) in [7, 11) is 0.472. The SMILES string of the molecule is COc1ccc(C[S@@](=O)Cc2nc(C)c(C)o2)cc1Cl. The molecule has 0 aliphatic carbocycles. The summed E-state index contributed by atoms with van der Waals surface area (Å²) in [6.07, 6.45) is 0. The zero-order valence-electron chi connectivity index (χ0n) is 11.6. The molecule has 1 heterocycles. The Kier molecular flexibility index (Phi) is 4.83. The zero-order valence-corrected chi connectivity index (χ0v) is 13.2. The van der Waals surface area contributed by atoms with Crippen LogP contribution in [0.3, 0.4) is 0 Å². The number of ether oxygens (including phenoxy) is 1. The van der Waals surface area contributed by atoms with Gasteiger partial charge in [-0.05, 0) is 31.5 Å². The van der Waals surface area contributed by atoms with Gasteiger partial charge < -0.3 is 9.15 Å². The number of aryl methyl sites for hydroxylation is 2. The number of aromatic nitrogens is 1. The van der Waals surface area contributed by atoms with Crippen LogP contribution >= 0.6 is 11.6 Å². The van der Waals surface area contributed by atoms with Crippen LogP contribution in [0.15, 0.2) is 22.6 Å². The van der Waals surface area contributed by atoms with E-state index < -0.39 is 10.8 Å². The van der Waals surface area contributed by atoms with E-state index in [9.17, 15) is 4.21 Å². The van der Waals surface area contributed by atoms with E-state index in [2.05, 4.69) is 4.98 Å². The molecule has 20 heavy (non-hydrogen) atoms. The topological polar surface area (TPSA) is 52.3 Å². The van der Waals surface area contributed by atoms with Crippen molar-refractivity contribution in [1.29, 1.82) is 0 Å². The standard InChI is InChI=1S/C14H16ClNO3S/c1-9-10(2)19-14(16-9)8-20(17)7-11-4-5-13(18-3)12(15)6-11/h4-6H,7-8H2,1-3H3/t20-/m1/s1. The van der Waals surface area contributed by atoms with Crippen molar-refractivity contribution in [3.05, 3.63) is 46.1 Å². The van der Waals surface area contributed by atoms with Crippen LogP contribution < -0.4 is 4.74 Å². The maximum atomic E-state index is 12.1. The number of nitrogens with zero attached hydrogens (tertiary/aromatic N) is 1. The molecule has 2 rings (SSSR count). The highest BCUT2D eigenvalue weighted by molar-refractivity contribution is 7.83. The summed E-state index contributed by atoms with van der Waals surface area (Å²) in [6.45, 7) is 3.71. The van der Waals surface area contributed by atoms with Crippen molar-refractivity contribution in [2.45, 2.75) is 25.4 Å². The normalized spacial score (nSPS) is 12.4. The van der Waals surface area contributed by atoms with E-state index in [0.29, 0.717) is 28.2 Å². The highest BCUT2D eigenvalue weighted by Gasteiger charge is 2.11. The van der Waals surface area contributed by atoms with Crippen LogP contribution in [-0.4, -0.2) is 16.3 Å². The first kappa shape index (κ1) is 15.1. The lowest BCUT2D eigenvalue weighted by Gasteiger charge is -2.05. The third-order valence-corrected chi connectivity index (χ3v) is 4.42. The molecule has 0 aliphatic heterocycles. The van der Waals surface area contributed by atoms with Gasteiger partial charge in [-0.25, -0.2) is 4.98 Å². The van der Waals surface area contributed by atoms with Gasteiger partial charge in [-0.2, -0.15) is 0 Å². The molecule has 1 aromatic heterocycles. The molecule has 0 unspecified atom stereocenters. The first-order valence-electron chi connectivity index (χ1n) is 6.10. The molecule has 108 valence electrons. The first-order chi connectivity index (χ1) is 9.49. The largest absolute Gasteiger partial charge is 0.495 e. The zero-order chi connectivity index (χ0) is 14.7. The molecule has 1 aromatic carbocycles. The molecule has 0 spiro atoms. The van der Waals surface area contributed by atoms with E-state index in [0.717, 1.165) is 17.0 Å². The molecule has 0 aliphatic rings. The number of rotatable bonds is 5. The summed E-state index contributed by atoms with van der Waals surface area (Å²) < 4.78 is 22.6. The van der Waals surface area contributed by atoms with Crippen LogP contribution in [0, 0.1) is 13.8 Å². The van der Waals surface area contributed by atoms with Gasteiger partial charge >= 0.3 is 0 Å². The average molecular weight is 314 g/mol. The van der Waals surface area contributed by atoms with E-state index in [1.54, 1.807) is 19.2 Å². The molecule has 0 saturated carbocycles. The maximum Gasteiger partial charge on any atom is 0.207 e. The number of methoxy groups -OCH3 is 1. The lowest BCUT2D eigenvalue weighted by Crippen LogP contribution is -2.00. The molecular formula is C14H16ClNO3S. The van der Waals surface area contributed by atoms with Gasteiger partial charge in [-0.1, -0.05) is 17.7 Å². The minimum Gasteiger partial charge on any atom is -0.495 e. The van der Waals surface area contributed by atoms with Crippen LogP contribution in [0.25, 0.3) is 0 Å². The number of halogens is 1. The molecule has 0 bridgehead atoms. The number of oxazole rings is 1. The van der Waals surface area contributed by atoms with Gasteiger partial charge in [-0.3, -0.25) is 4.21 Å². The minimum absolute atomic E-state index is 0.304. The summed E-state index contributed by atoms with van der Waals surface area (Å²) >= 11 is 6.04. The summed E-state index contributed by atoms with van der Waals surface area (Å²) in [4.78, 5) is 4.23. The predicted octanol–water partition coefficient (Wildman–Crippen LogP) is 3.40. The Bertz CT molecular complexity index is 620. The van der Waals surface area contributed by atoms with Crippen LogP contribution in [0.2, 0.25) is 5.02 Å². The van der Waals surface area contributed by atoms with E-state index >= 15 is 0 Å². The molecule has 1 atom stereocenters. The van der Waals surface area contributed by atoms with Gasteiger partial charge in [0, 0.05) is 16.6 Å². The fourth-order valence-electron chi connectivity index (χ4n) is 1.78. The molecule has 0 radical (unpaired) electrons. The van der Waals surface area contributed by atoms with Crippen LogP contribution in [0.4, 0.5) is 0 Å². The second kappa shape index (κ2) is 6.41. The Morgan fingerprint density at radius 1 is 1.35 bits per heavy atom. The Morgan fingerprint density at radius 2 is 2.10 bits per heavy atom. The van der Waals surface area contributed by atoms with Gasteiger partial charge in [-0.15, -0.1) is 0 Å². The van der Waals surface area contributed by atoms with Crippen molar-refractivity contribution in [1.82, 2.24) is 4.98 Å². The van der Waals surface area contributed by atoms with Gasteiger partial charge in [0.05, 0.1) is 17.8 Å². The molecule has 0 saturated heterocycles. The number of benzene rings is 1. The monoisotopic (exact) mass is 313 g/mol. The Hall–Kier alpha value is -1.33. The van der Waals surface area contributed by atoms with Gasteiger partial charge in [0.1, 0.15) is 17.3 Å². The fourth-order valence-corrected chi connectivity index (χ4v) is 3.11. The van der Waals surface area contributed by atoms with Gasteiger partial charge in [0.2, 0.25) is 5.89 Å². The molecule has 4 nitrogen and oxygen atoms in total. The highest BCUT2D eigenvalue weighted by atomic mass is 35.5. The molecule has 0 amide bonds. The van der Waals surface area contributed by atoms with E-state index in [1.165, 1.54) is 0 Å². The van der Waals surface area contributed by atoms with Crippen molar-refractivity contribution in [3.63, 3.8) is 0 Å². The van der Waals surface area contributed by atoms with Crippen LogP contribution in [-0.2, 0) is 22.3 Å². The van der Waals surface area contributed by atoms with Crippen molar-refractivity contribution in [2.75, 3.05) is 7.11 Å². The Balaban J connectivity index is 2.02.